The molecule has 0 saturated carbocycles. The van der Waals surface area contributed by atoms with E-state index in [0.29, 0.717) is 17.1 Å². The van der Waals surface area contributed by atoms with Crippen LogP contribution in [0.5, 0.6) is 11.5 Å². The summed E-state index contributed by atoms with van der Waals surface area (Å²) >= 11 is 0. The SMILES string of the molecule is COC(=O)c1ccc(CN2C(=O)N/C(=C\c3ccc(O[C@H](C)C(=O)OC)c(OC)c3)C2=O)o1. The summed E-state index contributed by atoms with van der Waals surface area (Å²) in [6, 6.07) is 7.03. The fraction of sp³-hybridized carbons (Fsp3) is 0.273. The molecule has 33 heavy (non-hydrogen) atoms. The molecular weight excluding hydrogens is 436 g/mol. The predicted molar refractivity (Wildman–Crippen MR) is 112 cm³/mol. The van der Waals surface area contributed by atoms with Gasteiger partial charge in [0, 0.05) is 0 Å². The van der Waals surface area contributed by atoms with E-state index in [9.17, 15) is 19.2 Å². The third-order valence-corrected chi connectivity index (χ3v) is 4.66. The van der Waals surface area contributed by atoms with Crippen LogP contribution in [0.25, 0.3) is 6.08 Å². The van der Waals surface area contributed by atoms with Crippen LogP contribution in [0, 0.1) is 0 Å². The van der Waals surface area contributed by atoms with E-state index < -0.39 is 30.0 Å². The van der Waals surface area contributed by atoms with Crippen molar-refractivity contribution in [1.82, 2.24) is 10.2 Å². The van der Waals surface area contributed by atoms with Crippen molar-refractivity contribution in [3.63, 3.8) is 0 Å². The van der Waals surface area contributed by atoms with Gasteiger partial charge < -0.3 is 28.7 Å². The van der Waals surface area contributed by atoms with Gasteiger partial charge in [0.25, 0.3) is 5.91 Å². The fourth-order valence-electron chi connectivity index (χ4n) is 2.99. The number of nitrogens with zero attached hydrogens (tertiary/aromatic N) is 1. The first-order chi connectivity index (χ1) is 15.8. The minimum atomic E-state index is -0.848. The monoisotopic (exact) mass is 458 g/mol. The van der Waals surface area contributed by atoms with Gasteiger partial charge in [-0.3, -0.25) is 9.69 Å². The van der Waals surface area contributed by atoms with E-state index in [1.165, 1.54) is 46.5 Å². The number of carbonyl (C=O) groups is 4. The molecule has 0 unspecified atom stereocenters. The van der Waals surface area contributed by atoms with Crippen molar-refractivity contribution in [1.29, 1.82) is 0 Å². The molecule has 1 N–H and O–H groups in total. The molecule has 1 fully saturated rings. The molecule has 3 rings (SSSR count). The molecule has 0 spiro atoms. The minimum Gasteiger partial charge on any atom is -0.493 e. The van der Waals surface area contributed by atoms with Gasteiger partial charge in [-0.25, -0.2) is 14.4 Å². The Labute approximate surface area is 188 Å². The van der Waals surface area contributed by atoms with Crippen molar-refractivity contribution in [2.75, 3.05) is 21.3 Å². The second kappa shape index (κ2) is 9.90. The summed E-state index contributed by atoms with van der Waals surface area (Å²) in [5, 5.41) is 2.50. The first-order valence-electron chi connectivity index (χ1n) is 9.71. The highest BCUT2D eigenvalue weighted by atomic mass is 16.6. The second-order valence-corrected chi connectivity index (χ2v) is 6.83. The maximum atomic E-state index is 12.7. The average molecular weight is 458 g/mol. The minimum absolute atomic E-state index is 0.0359. The van der Waals surface area contributed by atoms with Crippen LogP contribution in [0.3, 0.4) is 0 Å². The van der Waals surface area contributed by atoms with Gasteiger partial charge in [-0.1, -0.05) is 6.07 Å². The Morgan fingerprint density at radius 1 is 1.09 bits per heavy atom. The molecule has 1 aliphatic heterocycles. The highest BCUT2D eigenvalue weighted by molar-refractivity contribution is 6.13. The molecule has 0 bridgehead atoms. The number of imide groups is 1. The van der Waals surface area contributed by atoms with Gasteiger partial charge >= 0.3 is 18.0 Å². The Morgan fingerprint density at radius 3 is 2.52 bits per heavy atom. The topological polar surface area (TPSA) is 134 Å². The first kappa shape index (κ1) is 23.4. The molecule has 1 aliphatic rings. The summed E-state index contributed by atoms with van der Waals surface area (Å²) < 4.78 is 25.4. The zero-order valence-electron chi connectivity index (χ0n) is 18.4. The molecule has 1 atom stereocenters. The number of urea groups is 1. The fourth-order valence-corrected chi connectivity index (χ4v) is 2.99. The summed E-state index contributed by atoms with van der Waals surface area (Å²) in [6.07, 6.45) is 0.622. The lowest BCUT2D eigenvalue weighted by molar-refractivity contribution is -0.148. The number of nitrogens with one attached hydrogen (secondary N) is 1. The van der Waals surface area contributed by atoms with Crippen LogP contribution in [0.1, 0.15) is 28.8 Å². The lowest BCUT2D eigenvalue weighted by Crippen LogP contribution is -2.30. The lowest BCUT2D eigenvalue weighted by atomic mass is 10.1. The molecule has 0 radical (unpaired) electrons. The van der Waals surface area contributed by atoms with E-state index >= 15 is 0 Å². The van der Waals surface area contributed by atoms with Gasteiger partial charge in [0.05, 0.1) is 27.9 Å². The van der Waals surface area contributed by atoms with E-state index in [1.54, 1.807) is 18.2 Å². The number of esters is 2. The number of methoxy groups -OCH3 is 3. The molecule has 2 aromatic rings. The van der Waals surface area contributed by atoms with Gasteiger partial charge in [-0.2, -0.15) is 0 Å². The Morgan fingerprint density at radius 2 is 1.85 bits per heavy atom. The lowest BCUT2D eigenvalue weighted by Gasteiger charge is -2.15. The highest BCUT2D eigenvalue weighted by Crippen LogP contribution is 2.30. The number of hydrogen-bond donors (Lipinski definition) is 1. The summed E-state index contributed by atoms with van der Waals surface area (Å²) in [5.41, 5.74) is 0.583. The molecule has 1 saturated heterocycles. The standard InChI is InChI=1S/C22H22N2O9/c1-12(20(26)30-3)32-16-7-5-13(10-18(16)29-2)9-15-19(25)24(22(28)23-15)11-14-6-8-17(33-14)21(27)31-4/h5-10,12H,11H2,1-4H3,(H,23,28)/b15-9-/t12-/m1/s1. The Hall–Kier alpha value is -4.28. The van der Waals surface area contributed by atoms with E-state index in [0.717, 1.165) is 4.90 Å². The Bertz CT molecular complexity index is 1120. The maximum absolute atomic E-state index is 12.7. The van der Waals surface area contributed by atoms with Crippen molar-refractivity contribution in [2.24, 2.45) is 0 Å². The van der Waals surface area contributed by atoms with E-state index in [4.69, 9.17) is 13.9 Å². The largest absolute Gasteiger partial charge is 0.493 e. The molecule has 3 amide bonds. The summed E-state index contributed by atoms with van der Waals surface area (Å²) in [6.45, 7) is 1.37. The molecule has 0 aliphatic carbocycles. The number of carbonyl (C=O) groups excluding carboxylic acids is 4. The van der Waals surface area contributed by atoms with Crippen LogP contribution >= 0.6 is 0 Å². The van der Waals surface area contributed by atoms with Gasteiger partial charge in [-0.15, -0.1) is 0 Å². The third kappa shape index (κ3) is 5.14. The van der Waals surface area contributed by atoms with E-state index in [2.05, 4.69) is 14.8 Å². The third-order valence-electron chi connectivity index (χ3n) is 4.66. The normalized spacial score (nSPS) is 15.3. The average Bonchev–Trinajstić information content (AvgIpc) is 3.39. The van der Waals surface area contributed by atoms with Crippen molar-refractivity contribution < 1.29 is 42.5 Å². The van der Waals surface area contributed by atoms with Gasteiger partial charge in [0.2, 0.25) is 5.76 Å². The van der Waals surface area contributed by atoms with Gasteiger partial charge in [0.15, 0.2) is 17.6 Å². The van der Waals surface area contributed by atoms with Crippen molar-refractivity contribution in [3.8, 4) is 11.5 Å². The second-order valence-electron chi connectivity index (χ2n) is 6.83. The maximum Gasteiger partial charge on any atom is 0.373 e. The van der Waals surface area contributed by atoms with Crippen molar-refractivity contribution in [3.05, 3.63) is 53.1 Å². The molecule has 11 heteroatoms. The van der Waals surface area contributed by atoms with Gasteiger partial charge in [0.1, 0.15) is 11.5 Å². The number of benzene rings is 1. The molecule has 174 valence electrons. The molecule has 1 aromatic carbocycles. The van der Waals surface area contributed by atoms with Crippen LogP contribution in [0.2, 0.25) is 0 Å². The van der Waals surface area contributed by atoms with Crippen molar-refractivity contribution in [2.45, 2.75) is 19.6 Å². The smallest absolute Gasteiger partial charge is 0.373 e. The quantitative estimate of drug-likeness (QED) is 0.359. The van der Waals surface area contributed by atoms with Crippen LogP contribution in [-0.4, -0.2) is 56.2 Å². The van der Waals surface area contributed by atoms with Crippen LogP contribution in [0.15, 0.2) is 40.4 Å². The number of ether oxygens (including phenoxy) is 4. The predicted octanol–water partition coefficient (Wildman–Crippen LogP) is 2.11. The Kier molecular flexibility index (Phi) is 7.01. The van der Waals surface area contributed by atoms with Crippen LogP contribution in [-0.2, 0) is 25.6 Å². The zero-order valence-corrected chi connectivity index (χ0v) is 18.4. The Balaban J connectivity index is 1.76. The van der Waals surface area contributed by atoms with Crippen LogP contribution in [0.4, 0.5) is 4.79 Å². The van der Waals surface area contributed by atoms with E-state index in [-0.39, 0.29) is 23.8 Å². The summed E-state index contributed by atoms with van der Waals surface area (Å²) in [4.78, 5) is 49.1. The number of hydrogen-bond acceptors (Lipinski definition) is 9. The summed E-state index contributed by atoms with van der Waals surface area (Å²) in [5.74, 6) is -0.956. The molecule has 2 heterocycles. The molecule has 11 nitrogen and oxygen atoms in total. The van der Waals surface area contributed by atoms with Gasteiger partial charge in [-0.05, 0) is 42.8 Å². The summed E-state index contributed by atoms with van der Waals surface area (Å²) in [7, 11) is 3.90. The molecular formula is C22H22N2O9. The zero-order chi connectivity index (χ0) is 24.1. The number of furan rings is 1. The molecule has 1 aromatic heterocycles. The van der Waals surface area contributed by atoms with Crippen LogP contribution < -0.4 is 14.8 Å². The highest BCUT2D eigenvalue weighted by Gasteiger charge is 2.34. The van der Waals surface area contributed by atoms with Crippen molar-refractivity contribution >= 4 is 30.0 Å². The number of amides is 3. The first-order valence-corrected chi connectivity index (χ1v) is 9.71. The van der Waals surface area contributed by atoms with E-state index in [1.807, 2.05) is 0 Å². The number of rotatable bonds is 8.